The number of aryl methyl sites for hydroxylation is 1. The number of rotatable bonds is 2. The van der Waals surface area contributed by atoms with Crippen LogP contribution in [0, 0.1) is 17.3 Å². The molecule has 3 heteroatoms. The molecule has 0 radical (unpaired) electrons. The molecular weight excluding hydrogens is 270 g/mol. The van der Waals surface area contributed by atoms with Gasteiger partial charge in [0.15, 0.2) is 0 Å². The molecule has 1 heterocycles. The fraction of sp³-hybridized carbons (Fsp3) is 0.895. The first-order valence-corrected chi connectivity index (χ1v) is 9.12. The van der Waals surface area contributed by atoms with Gasteiger partial charge in [0.1, 0.15) is 0 Å². The van der Waals surface area contributed by atoms with Crippen molar-refractivity contribution in [2.24, 2.45) is 17.3 Å². The Morgan fingerprint density at radius 1 is 1.00 bits per heavy atom. The van der Waals surface area contributed by atoms with E-state index in [1.54, 1.807) is 0 Å². The molecule has 0 amide bonds. The largest absolute Gasteiger partial charge is 0.244 e. The molecule has 1 aromatic heterocycles. The summed E-state index contributed by atoms with van der Waals surface area (Å²) in [5.74, 6) is 1.36. The Kier molecular flexibility index (Phi) is 5.03. The van der Waals surface area contributed by atoms with Crippen LogP contribution in [0.1, 0.15) is 85.5 Å². The van der Waals surface area contributed by atoms with E-state index >= 15 is 0 Å². The molecule has 1 aliphatic carbocycles. The molecule has 0 aliphatic heterocycles. The second-order valence-electron chi connectivity index (χ2n) is 8.85. The molecule has 0 saturated carbocycles. The molecule has 3 nitrogen and oxygen atoms in total. The summed E-state index contributed by atoms with van der Waals surface area (Å²) in [6.07, 6.45) is 7.48. The Morgan fingerprint density at radius 3 is 2.18 bits per heavy atom. The summed E-state index contributed by atoms with van der Waals surface area (Å²) in [5, 5.41) is 9.10. The lowest BCUT2D eigenvalue weighted by Crippen LogP contribution is -2.38. The number of hydrogen-bond acceptors (Lipinski definition) is 2. The first kappa shape index (κ1) is 17.5. The second kappa shape index (κ2) is 6.33. The number of hydrogen-bond donors (Lipinski definition) is 0. The van der Waals surface area contributed by atoms with Gasteiger partial charge in [-0.05, 0) is 63.7 Å². The molecule has 2 rings (SSSR count). The minimum atomic E-state index is 0.00827. The highest BCUT2D eigenvalue weighted by molar-refractivity contribution is 5.16. The second-order valence-corrected chi connectivity index (χ2v) is 8.85. The Hall–Kier alpha value is -0.860. The third-order valence-corrected chi connectivity index (χ3v) is 5.83. The van der Waals surface area contributed by atoms with E-state index in [1.807, 2.05) is 0 Å². The van der Waals surface area contributed by atoms with Crippen molar-refractivity contribution >= 4 is 0 Å². The standard InChI is InChI=1S/C19H35N3/c1-14(2)19(15(3)4)12-10-8-9-11-16-17(13-19)22(21-20-16)18(5,6)7/h14-15H,8-13H2,1-7H3. The minimum Gasteiger partial charge on any atom is -0.244 e. The first-order valence-electron chi connectivity index (χ1n) is 9.12. The number of fused-ring (bicyclic) bond motifs is 1. The van der Waals surface area contributed by atoms with Gasteiger partial charge in [-0.15, -0.1) is 5.10 Å². The Morgan fingerprint density at radius 2 is 1.64 bits per heavy atom. The van der Waals surface area contributed by atoms with Crippen molar-refractivity contribution in [3.05, 3.63) is 11.4 Å². The van der Waals surface area contributed by atoms with Crippen LogP contribution < -0.4 is 0 Å². The molecule has 22 heavy (non-hydrogen) atoms. The predicted octanol–water partition coefficient (Wildman–Crippen LogP) is 4.99. The van der Waals surface area contributed by atoms with Gasteiger partial charge in [-0.3, -0.25) is 0 Å². The highest BCUT2D eigenvalue weighted by Crippen LogP contribution is 2.45. The molecular formula is C19H35N3. The van der Waals surface area contributed by atoms with Gasteiger partial charge in [0.25, 0.3) is 0 Å². The van der Waals surface area contributed by atoms with E-state index in [4.69, 9.17) is 0 Å². The molecule has 0 N–H and O–H groups in total. The average molecular weight is 306 g/mol. The smallest absolute Gasteiger partial charge is 0.0859 e. The summed E-state index contributed by atoms with van der Waals surface area (Å²) < 4.78 is 2.20. The van der Waals surface area contributed by atoms with Crippen molar-refractivity contribution in [1.29, 1.82) is 0 Å². The molecule has 0 unspecified atom stereocenters. The van der Waals surface area contributed by atoms with E-state index in [1.165, 1.54) is 37.1 Å². The van der Waals surface area contributed by atoms with E-state index < -0.39 is 0 Å². The quantitative estimate of drug-likeness (QED) is 0.770. The summed E-state index contributed by atoms with van der Waals surface area (Å²) in [4.78, 5) is 0. The van der Waals surface area contributed by atoms with Gasteiger partial charge in [0, 0.05) is 0 Å². The fourth-order valence-corrected chi connectivity index (χ4v) is 4.22. The third kappa shape index (κ3) is 3.23. The van der Waals surface area contributed by atoms with Crippen LogP contribution in [0.5, 0.6) is 0 Å². The highest BCUT2D eigenvalue weighted by atomic mass is 15.5. The molecule has 0 aromatic carbocycles. The molecule has 0 atom stereocenters. The lowest BCUT2D eigenvalue weighted by molar-refractivity contribution is 0.0894. The van der Waals surface area contributed by atoms with Gasteiger partial charge in [0.05, 0.1) is 16.9 Å². The zero-order valence-corrected chi connectivity index (χ0v) is 15.7. The van der Waals surface area contributed by atoms with Gasteiger partial charge >= 0.3 is 0 Å². The Labute approximate surface area is 136 Å². The molecule has 126 valence electrons. The predicted molar refractivity (Wildman–Crippen MR) is 93.0 cm³/mol. The SMILES string of the molecule is CC(C)C1(C(C)C)CCCCCc2nnn(C(C)(C)C)c2C1. The van der Waals surface area contributed by atoms with Crippen LogP contribution in [-0.4, -0.2) is 15.0 Å². The van der Waals surface area contributed by atoms with Gasteiger partial charge in [0.2, 0.25) is 0 Å². The van der Waals surface area contributed by atoms with Crippen molar-refractivity contribution in [3.8, 4) is 0 Å². The highest BCUT2D eigenvalue weighted by Gasteiger charge is 2.39. The van der Waals surface area contributed by atoms with Gasteiger partial charge in [-0.2, -0.15) is 0 Å². The van der Waals surface area contributed by atoms with Crippen LogP contribution in [0.25, 0.3) is 0 Å². The van der Waals surface area contributed by atoms with E-state index in [0.717, 1.165) is 12.8 Å². The van der Waals surface area contributed by atoms with Crippen molar-refractivity contribution in [3.63, 3.8) is 0 Å². The lowest BCUT2D eigenvalue weighted by atomic mass is 9.63. The van der Waals surface area contributed by atoms with Crippen molar-refractivity contribution in [2.75, 3.05) is 0 Å². The summed E-state index contributed by atoms with van der Waals surface area (Å²) in [5.41, 5.74) is 3.03. The zero-order chi connectivity index (χ0) is 16.5. The summed E-state index contributed by atoms with van der Waals surface area (Å²) >= 11 is 0. The first-order chi connectivity index (χ1) is 10.2. The summed E-state index contributed by atoms with van der Waals surface area (Å²) in [6.45, 7) is 16.3. The van der Waals surface area contributed by atoms with E-state index in [2.05, 4.69) is 63.5 Å². The molecule has 0 saturated heterocycles. The number of aromatic nitrogens is 3. The maximum atomic E-state index is 4.56. The van der Waals surface area contributed by atoms with Crippen molar-refractivity contribution in [1.82, 2.24) is 15.0 Å². The normalized spacial score (nSPS) is 19.7. The molecule has 0 spiro atoms. The van der Waals surface area contributed by atoms with Crippen LogP contribution in [0.3, 0.4) is 0 Å². The van der Waals surface area contributed by atoms with Crippen LogP contribution in [-0.2, 0) is 18.4 Å². The maximum Gasteiger partial charge on any atom is 0.0859 e. The zero-order valence-electron chi connectivity index (χ0n) is 15.7. The molecule has 1 aliphatic rings. The van der Waals surface area contributed by atoms with Crippen molar-refractivity contribution in [2.45, 2.75) is 92.5 Å². The number of nitrogens with zero attached hydrogens (tertiary/aromatic N) is 3. The van der Waals surface area contributed by atoms with E-state index in [0.29, 0.717) is 17.3 Å². The lowest BCUT2D eigenvalue weighted by Gasteiger charge is -2.42. The van der Waals surface area contributed by atoms with Gasteiger partial charge in [-0.25, -0.2) is 4.68 Å². The van der Waals surface area contributed by atoms with E-state index in [9.17, 15) is 0 Å². The minimum absolute atomic E-state index is 0.00827. The van der Waals surface area contributed by atoms with Crippen LogP contribution in [0.15, 0.2) is 0 Å². The van der Waals surface area contributed by atoms with E-state index in [-0.39, 0.29) is 5.54 Å². The molecule has 0 fully saturated rings. The monoisotopic (exact) mass is 305 g/mol. The maximum absolute atomic E-state index is 4.56. The Balaban J connectivity index is 2.53. The average Bonchev–Trinajstić information content (AvgIpc) is 2.80. The third-order valence-electron chi connectivity index (χ3n) is 5.83. The molecule has 1 aromatic rings. The van der Waals surface area contributed by atoms with Gasteiger partial charge < -0.3 is 0 Å². The topological polar surface area (TPSA) is 30.7 Å². The summed E-state index contributed by atoms with van der Waals surface area (Å²) in [7, 11) is 0. The summed E-state index contributed by atoms with van der Waals surface area (Å²) in [6, 6.07) is 0. The van der Waals surface area contributed by atoms with Crippen LogP contribution >= 0.6 is 0 Å². The van der Waals surface area contributed by atoms with Crippen LogP contribution in [0.2, 0.25) is 0 Å². The molecule has 0 bridgehead atoms. The fourth-order valence-electron chi connectivity index (χ4n) is 4.22. The van der Waals surface area contributed by atoms with Crippen molar-refractivity contribution < 1.29 is 0 Å². The Bertz CT molecular complexity index is 483. The van der Waals surface area contributed by atoms with Crippen LogP contribution in [0.4, 0.5) is 0 Å². The van der Waals surface area contributed by atoms with Gasteiger partial charge in [-0.1, -0.05) is 45.7 Å².